The quantitative estimate of drug-likeness (QED) is 0.251. The molecule has 2 aromatic carbocycles. The first-order valence-electron chi connectivity index (χ1n) is 13.3. The van der Waals surface area contributed by atoms with E-state index in [9.17, 15) is 4.79 Å². The molecule has 204 valence electrons. The average molecular weight is 538 g/mol. The summed E-state index contributed by atoms with van der Waals surface area (Å²) in [4.78, 5) is 11.9. The van der Waals surface area contributed by atoms with Crippen LogP contribution in [0.4, 0.5) is 4.79 Å². The van der Waals surface area contributed by atoms with Crippen LogP contribution in [-0.4, -0.2) is 49.5 Å². The van der Waals surface area contributed by atoms with Gasteiger partial charge in [0.25, 0.3) is 0 Å². The highest BCUT2D eigenvalue weighted by atomic mass is 28.3. The summed E-state index contributed by atoms with van der Waals surface area (Å²) >= 11 is 0. The van der Waals surface area contributed by atoms with E-state index in [0.29, 0.717) is 13.3 Å². The van der Waals surface area contributed by atoms with Gasteiger partial charge in [-0.3, -0.25) is 0 Å². The lowest BCUT2D eigenvalue weighted by molar-refractivity contribution is 0.0494. The molecule has 0 spiro atoms. The first-order valence-corrected chi connectivity index (χ1v) is 16.4. The number of carbonyl (C=O) groups is 1. The largest absolute Gasteiger partial charge is 0.488 e. The van der Waals surface area contributed by atoms with Gasteiger partial charge in [-0.05, 0) is 93.8 Å². The zero-order chi connectivity index (χ0) is 27.1. The Morgan fingerprint density at radius 1 is 1.13 bits per heavy atom. The second-order valence-electron chi connectivity index (χ2n) is 11.0. The molecule has 1 N–H and O–H groups in total. The summed E-state index contributed by atoms with van der Waals surface area (Å²) in [6.45, 7) is 11.8. The molecule has 1 aliphatic rings. The first-order chi connectivity index (χ1) is 18.2. The topological polar surface area (TPSA) is 83.8 Å². The number of hydrogen-bond acceptors (Lipinski definition) is 6. The van der Waals surface area contributed by atoms with Crippen molar-refractivity contribution in [1.29, 1.82) is 0 Å². The van der Waals surface area contributed by atoms with Crippen LogP contribution in [0.25, 0.3) is 11.3 Å². The monoisotopic (exact) mass is 537 g/mol. The minimum absolute atomic E-state index is 0.0924. The highest BCUT2D eigenvalue weighted by Crippen LogP contribution is 2.33. The molecule has 0 radical (unpaired) electrons. The van der Waals surface area contributed by atoms with Crippen LogP contribution in [0.5, 0.6) is 17.2 Å². The van der Waals surface area contributed by atoms with Crippen molar-refractivity contribution in [3.63, 3.8) is 0 Å². The molecule has 9 heteroatoms. The van der Waals surface area contributed by atoms with Crippen molar-refractivity contribution in [3.8, 4) is 28.5 Å². The number of carbonyl (C=O) groups excluding carboxylic acids is 1. The molecule has 1 unspecified atom stereocenters. The average Bonchev–Trinajstić information content (AvgIpc) is 3.33. The van der Waals surface area contributed by atoms with E-state index in [-0.39, 0.29) is 6.10 Å². The van der Waals surface area contributed by atoms with Crippen LogP contribution in [0.2, 0.25) is 19.1 Å². The van der Waals surface area contributed by atoms with E-state index >= 15 is 0 Å². The maximum absolute atomic E-state index is 11.9. The van der Waals surface area contributed by atoms with Crippen LogP contribution >= 0.6 is 0 Å². The fourth-order valence-corrected chi connectivity index (χ4v) is 4.76. The Labute approximate surface area is 226 Å². The van der Waals surface area contributed by atoms with E-state index in [1.54, 1.807) is 6.20 Å². The normalized spacial score (nSPS) is 15.1. The van der Waals surface area contributed by atoms with Gasteiger partial charge in [-0.1, -0.05) is 13.1 Å². The number of aryl methyl sites for hydroxylation is 1. The van der Waals surface area contributed by atoms with E-state index in [1.807, 2.05) is 74.0 Å². The number of fused-ring (bicyclic) bond motifs is 1. The summed E-state index contributed by atoms with van der Waals surface area (Å²) in [5, 5.41) is 7.21. The summed E-state index contributed by atoms with van der Waals surface area (Å²) in [5.74, 6) is 2.34. The zero-order valence-corrected chi connectivity index (χ0v) is 24.2. The highest BCUT2D eigenvalue weighted by molar-refractivity contribution is 6.55. The number of ether oxygens (including phenoxy) is 4. The third kappa shape index (κ3) is 8.10. The van der Waals surface area contributed by atoms with Gasteiger partial charge in [0.05, 0.1) is 12.2 Å². The molecular formula is C29H39N3O5Si. The van der Waals surface area contributed by atoms with Crippen molar-refractivity contribution < 1.29 is 23.7 Å². The Hall–Kier alpha value is -3.30. The lowest BCUT2D eigenvalue weighted by atomic mass is 10.0. The van der Waals surface area contributed by atoms with Gasteiger partial charge in [-0.25, -0.2) is 9.48 Å². The van der Waals surface area contributed by atoms with Gasteiger partial charge in [0, 0.05) is 27.2 Å². The van der Waals surface area contributed by atoms with Gasteiger partial charge in [0.1, 0.15) is 35.7 Å². The van der Waals surface area contributed by atoms with Crippen molar-refractivity contribution in [1.82, 2.24) is 15.1 Å². The van der Waals surface area contributed by atoms with Gasteiger partial charge in [-0.15, -0.1) is 0 Å². The number of alkyl carbamates (subject to hydrolysis) is 1. The molecule has 0 bridgehead atoms. The highest BCUT2D eigenvalue weighted by Gasteiger charge is 2.22. The van der Waals surface area contributed by atoms with E-state index in [0.717, 1.165) is 53.5 Å². The van der Waals surface area contributed by atoms with Crippen molar-refractivity contribution in [2.75, 3.05) is 13.2 Å². The molecule has 3 aromatic rings. The van der Waals surface area contributed by atoms with Crippen molar-refractivity contribution in [3.05, 3.63) is 60.3 Å². The summed E-state index contributed by atoms with van der Waals surface area (Å²) in [5.41, 5.74) is 2.64. The maximum atomic E-state index is 11.9. The lowest BCUT2D eigenvalue weighted by Crippen LogP contribution is -2.40. The fraction of sp³-hybridized carbons (Fsp3) is 0.448. The third-order valence-corrected chi connectivity index (χ3v) is 7.48. The van der Waals surface area contributed by atoms with Crippen molar-refractivity contribution in [2.24, 2.45) is 0 Å². The van der Waals surface area contributed by atoms with E-state index in [4.69, 9.17) is 18.9 Å². The fourth-order valence-electron chi connectivity index (χ4n) is 4.12. The van der Waals surface area contributed by atoms with E-state index in [2.05, 4.69) is 23.5 Å². The van der Waals surface area contributed by atoms with Gasteiger partial charge >= 0.3 is 6.09 Å². The third-order valence-electron chi connectivity index (χ3n) is 6.09. The predicted molar refractivity (Wildman–Crippen MR) is 151 cm³/mol. The Balaban J connectivity index is 1.30. The van der Waals surface area contributed by atoms with Crippen molar-refractivity contribution >= 4 is 14.9 Å². The van der Waals surface area contributed by atoms with Gasteiger partial charge < -0.3 is 24.3 Å². The zero-order valence-electron chi connectivity index (χ0n) is 23.0. The summed E-state index contributed by atoms with van der Waals surface area (Å²) in [7, 11) is -0.605. The Morgan fingerprint density at radius 2 is 1.89 bits per heavy atom. The van der Waals surface area contributed by atoms with Crippen LogP contribution in [0.1, 0.15) is 32.8 Å². The molecule has 1 aromatic heterocycles. The molecule has 38 heavy (non-hydrogen) atoms. The molecule has 1 atom stereocenters. The molecule has 0 saturated carbocycles. The number of nitrogens with zero attached hydrogens (tertiary/aromatic N) is 2. The Kier molecular flexibility index (Phi) is 9.12. The van der Waals surface area contributed by atoms with Crippen LogP contribution in [-0.2, 0) is 22.6 Å². The molecule has 0 saturated heterocycles. The summed E-state index contributed by atoms with van der Waals surface area (Å²) in [6, 6.07) is 17.0. The lowest BCUT2D eigenvalue weighted by Gasteiger charge is -2.27. The molecule has 1 aliphatic heterocycles. The van der Waals surface area contributed by atoms with Crippen LogP contribution in [0, 0.1) is 0 Å². The minimum atomic E-state index is -0.605. The van der Waals surface area contributed by atoms with Crippen LogP contribution in [0.15, 0.2) is 54.7 Å². The van der Waals surface area contributed by atoms with Gasteiger partial charge in [0.15, 0.2) is 0 Å². The Morgan fingerprint density at radius 3 is 2.63 bits per heavy atom. The number of benzene rings is 2. The molecule has 1 amide bonds. The summed E-state index contributed by atoms with van der Waals surface area (Å²) < 4.78 is 25.2. The predicted octanol–water partition coefficient (Wildman–Crippen LogP) is 6.02. The van der Waals surface area contributed by atoms with Crippen molar-refractivity contribution in [2.45, 2.75) is 71.2 Å². The second-order valence-corrected chi connectivity index (χ2v) is 14.4. The maximum Gasteiger partial charge on any atom is 0.407 e. The molecule has 2 heterocycles. The number of nitrogens with one attached hydrogen (secondary N) is 1. The molecule has 4 rings (SSSR count). The molecule has 0 fully saturated rings. The summed E-state index contributed by atoms with van der Waals surface area (Å²) in [6.07, 6.45) is 2.93. The number of rotatable bonds is 10. The van der Waals surface area contributed by atoms with E-state index in [1.165, 1.54) is 6.04 Å². The minimum Gasteiger partial charge on any atom is -0.488 e. The number of amides is 1. The van der Waals surface area contributed by atoms with Crippen LogP contribution < -0.4 is 14.8 Å². The van der Waals surface area contributed by atoms with Gasteiger partial charge in [0.2, 0.25) is 0 Å². The first kappa shape index (κ1) is 27.7. The standard InChI is InChI=1S/C29H39N3O5Si/c1-29(2,3)37-28(33)30-19-25-11-8-22-18-24(12-13-27(22)36-25)35-23-9-6-21(7-10-23)26-14-15-31-32(26)20-34-16-17-38(4)5/h6-7,9-10,12-15,18,25,38H,8,11,16-17,19-20H2,1-5H3,(H,30,33). The molecule has 8 nitrogen and oxygen atoms in total. The number of hydrogen-bond donors (Lipinski definition) is 1. The smallest absolute Gasteiger partial charge is 0.407 e. The Bertz CT molecular complexity index is 1200. The second kappa shape index (κ2) is 12.5. The van der Waals surface area contributed by atoms with E-state index < -0.39 is 20.5 Å². The van der Waals surface area contributed by atoms with Gasteiger partial charge in [-0.2, -0.15) is 5.10 Å². The number of aromatic nitrogens is 2. The SMILES string of the molecule is C[SiH](C)CCOCn1nccc1-c1ccc(Oc2ccc3c(c2)CCC(CNC(=O)OC(C)(C)C)O3)cc1. The molecular weight excluding hydrogens is 498 g/mol. The van der Waals surface area contributed by atoms with Crippen LogP contribution in [0.3, 0.4) is 0 Å². The molecule has 0 aliphatic carbocycles.